The summed E-state index contributed by atoms with van der Waals surface area (Å²) in [5, 5.41) is 28.2. The number of pyridine rings is 2. The number of carbonyl (C=O) groups excluding carboxylic acids is 1. The van der Waals surface area contributed by atoms with Gasteiger partial charge in [0.1, 0.15) is 11.6 Å². The summed E-state index contributed by atoms with van der Waals surface area (Å²) in [5.41, 5.74) is 4.94. The number of methoxy groups -OCH3 is 1. The molecule has 0 aromatic carbocycles. The van der Waals surface area contributed by atoms with Crippen molar-refractivity contribution in [2.75, 3.05) is 25.1 Å². The summed E-state index contributed by atoms with van der Waals surface area (Å²) in [5.74, 6) is 0.142. The number of aromatic nitrogens is 5. The molecule has 37 heavy (non-hydrogen) atoms. The second kappa shape index (κ2) is 10.8. The molecule has 5 heterocycles. The van der Waals surface area contributed by atoms with Crippen LogP contribution >= 0.6 is 0 Å². The van der Waals surface area contributed by atoms with Gasteiger partial charge in [0.05, 0.1) is 42.7 Å². The molecular formula is C25H26N8O4. The first-order chi connectivity index (χ1) is 17.9. The van der Waals surface area contributed by atoms with E-state index in [1.807, 2.05) is 32.4 Å². The van der Waals surface area contributed by atoms with Gasteiger partial charge >= 0.3 is 0 Å². The summed E-state index contributed by atoms with van der Waals surface area (Å²) in [4.78, 5) is 27.5. The Morgan fingerprint density at radius 3 is 2.59 bits per heavy atom. The van der Waals surface area contributed by atoms with Crippen LogP contribution in [0.2, 0.25) is 0 Å². The van der Waals surface area contributed by atoms with E-state index in [4.69, 9.17) is 14.6 Å². The first-order valence-corrected chi connectivity index (χ1v) is 11.4. The predicted molar refractivity (Wildman–Crippen MR) is 134 cm³/mol. The van der Waals surface area contributed by atoms with Crippen molar-refractivity contribution in [1.29, 1.82) is 5.26 Å². The van der Waals surface area contributed by atoms with Crippen molar-refractivity contribution in [3.05, 3.63) is 60.3 Å². The van der Waals surface area contributed by atoms with Gasteiger partial charge in [-0.2, -0.15) is 15.5 Å². The number of nitriles is 1. The first-order valence-electron chi connectivity index (χ1n) is 11.4. The average Bonchev–Trinajstić information content (AvgIpc) is 3.51. The van der Waals surface area contributed by atoms with E-state index in [0.717, 1.165) is 27.9 Å². The minimum atomic E-state index is -0.326. The molecule has 1 saturated heterocycles. The minimum Gasteiger partial charge on any atom is -0.483 e. The monoisotopic (exact) mass is 502 g/mol. The highest BCUT2D eigenvalue weighted by atomic mass is 16.5. The first kappa shape index (κ1) is 25.2. The zero-order valence-corrected chi connectivity index (χ0v) is 20.6. The third-order valence-electron chi connectivity index (χ3n) is 6.18. The van der Waals surface area contributed by atoms with Crippen molar-refractivity contribution < 1.29 is 19.4 Å². The Labute approximate surface area is 212 Å². The Hall–Kier alpha value is -4.92. The van der Waals surface area contributed by atoms with E-state index in [1.165, 1.54) is 0 Å². The van der Waals surface area contributed by atoms with Crippen LogP contribution in [-0.2, 0) is 16.6 Å². The maximum absolute atomic E-state index is 12.8. The van der Waals surface area contributed by atoms with Crippen molar-refractivity contribution >= 4 is 23.6 Å². The van der Waals surface area contributed by atoms with Crippen molar-refractivity contribution in [2.24, 2.45) is 7.05 Å². The molecule has 12 nitrogen and oxygen atoms in total. The largest absolute Gasteiger partial charge is 0.483 e. The van der Waals surface area contributed by atoms with Gasteiger partial charge in [-0.15, -0.1) is 0 Å². The summed E-state index contributed by atoms with van der Waals surface area (Å²) in [6.07, 6.45) is 8.89. The van der Waals surface area contributed by atoms with Crippen LogP contribution in [0.4, 0.5) is 5.69 Å². The Morgan fingerprint density at radius 1 is 1.24 bits per heavy atom. The quantitative estimate of drug-likeness (QED) is 0.376. The second-order valence-corrected chi connectivity index (χ2v) is 8.55. The molecule has 4 aromatic heterocycles. The van der Waals surface area contributed by atoms with E-state index in [9.17, 15) is 10.1 Å². The van der Waals surface area contributed by atoms with Gasteiger partial charge in [0.25, 0.3) is 6.47 Å². The standard InChI is InChI=1S/C24H24N8O2.CH2O2/c1-15(16-4-5-22(34-3)26-8-16)24(33)29-20-13-31(14-20)21-6-17(19-10-27-30(2)11-19)12-32-23(21)18(7-25)9-28-32;2-1-3/h4-6,8-12,15,20H,13-14H2,1-3H3,(H,29,33);1H,(H,2,3). The van der Waals surface area contributed by atoms with Crippen molar-refractivity contribution in [3.8, 4) is 23.1 Å². The number of ether oxygens (including phenoxy) is 1. The topological polar surface area (TPSA) is 151 Å². The number of anilines is 1. The highest BCUT2D eigenvalue weighted by Crippen LogP contribution is 2.33. The molecule has 0 aliphatic carbocycles. The van der Waals surface area contributed by atoms with Crippen LogP contribution in [0.3, 0.4) is 0 Å². The molecular weight excluding hydrogens is 476 g/mol. The van der Waals surface area contributed by atoms with Crippen molar-refractivity contribution in [2.45, 2.75) is 18.9 Å². The zero-order chi connectivity index (χ0) is 26.5. The second-order valence-electron chi connectivity index (χ2n) is 8.55. The smallest absolute Gasteiger partial charge is 0.290 e. The SMILES string of the molecule is COc1ccc(C(C)C(=O)NC2CN(c3cc(-c4cnn(C)c4)cn4ncc(C#N)c34)C2)cn1.O=CO. The van der Waals surface area contributed by atoms with Gasteiger partial charge in [0.15, 0.2) is 0 Å². The van der Waals surface area contributed by atoms with E-state index in [0.29, 0.717) is 24.5 Å². The van der Waals surface area contributed by atoms with Crippen molar-refractivity contribution in [3.63, 3.8) is 0 Å². The number of aryl methyl sites for hydroxylation is 1. The average molecular weight is 503 g/mol. The van der Waals surface area contributed by atoms with Gasteiger partial charge in [0.2, 0.25) is 11.8 Å². The Kier molecular flexibility index (Phi) is 7.34. The van der Waals surface area contributed by atoms with E-state index in [1.54, 1.807) is 41.0 Å². The van der Waals surface area contributed by atoms with Crippen LogP contribution in [-0.4, -0.2) is 68.1 Å². The highest BCUT2D eigenvalue weighted by molar-refractivity contribution is 5.86. The summed E-state index contributed by atoms with van der Waals surface area (Å²) in [7, 11) is 3.43. The fraction of sp³-hybridized carbons (Fsp3) is 0.280. The molecule has 4 aromatic rings. The Balaban J connectivity index is 0.00000102. The molecule has 1 unspecified atom stereocenters. The number of nitrogens with one attached hydrogen (secondary N) is 1. The lowest BCUT2D eigenvalue weighted by atomic mass is 10.00. The summed E-state index contributed by atoms with van der Waals surface area (Å²) >= 11 is 0. The van der Waals surface area contributed by atoms with Gasteiger partial charge in [-0.1, -0.05) is 6.07 Å². The van der Waals surface area contributed by atoms with Crippen molar-refractivity contribution in [1.82, 2.24) is 29.7 Å². The number of rotatable bonds is 6. The molecule has 1 aliphatic rings. The normalized spacial score (nSPS) is 13.6. The van der Waals surface area contributed by atoms with Crippen LogP contribution in [0.25, 0.3) is 16.6 Å². The fourth-order valence-corrected chi connectivity index (χ4v) is 4.16. The molecule has 1 fully saturated rings. The molecule has 190 valence electrons. The fourth-order valence-electron chi connectivity index (χ4n) is 4.16. The number of nitrogens with zero attached hydrogens (tertiary/aromatic N) is 7. The van der Waals surface area contributed by atoms with Crippen LogP contribution in [0.15, 0.2) is 49.2 Å². The number of hydrogen-bond acceptors (Lipinski definition) is 8. The zero-order valence-electron chi connectivity index (χ0n) is 20.6. The highest BCUT2D eigenvalue weighted by Gasteiger charge is 2.32. The number of hydrogen-bond donors (Lipinski definition) is 2. The number of carbonyl (C=O) groups is 2. The van der Waals surface area contributed by atoms with Gasteiger partial charge in [-0.25, -0.2) is 9.50 Å². The molecule has 12 heteroatoms. The van der Waals surface area contributed by atoms with Gasteiger partial charge in [-0.3, -0.25) is 14.3 Å². The molecule has 0 saturated carbocycles. The van der Waals surface area contributed by atoms with E-state index >= 15 is 0 Å². The van der Waals surface area contributed by atoms with Crippen LogP contribution in [0.1, 0.15) is 24.0 Å². The third-order valence-corrected chi connectivity index (χ3v) is 6.18. The molecule has 0 bridgehead atoms. The van der Waals surface area contributed by atoms with Gasteiger partial charge in [-0.05, 0) is 18.6 Å². The number of fused-ring (bicyclic) bond motifs is 1. The maximum atomic E-state index is 12.8. The lowest BCUT2D eigenvalue weighted by molar-refractivity contribution is -0.123. The van der Waals surface area contributed by atoms with Crippen LogP contribution < -0.4 is 15.0 Å². The number of amides is 1. The Morgan fingerprint density at radius 2 is 2.00 bits per heavy atom. The predicted octanol–water partition coefficient (Wildman–Crippen LogP) is 1.82. The summed E-state index contributed by atoms with van der Waals surface area (Å²) < 4.78 is 8.57. The molecule has 1 atom stereocenters. The van der Waals surface area contributed by atoms with E-state index in [-0.39, 0.29) is 24.3 Å². The number of carboxylic acid groups (broad SMARTS) is 1. The van der Waals surface area contributed by atoms with Crippen LogP contribution in [0.5, 0.6) is 5.88 Å². The molecule has 0 radical (unpaired) electrons. The Bertz CT molecular complexity index is 1450. The minimum absolute atomic E-state index is 0.0108. The van der Waals surface area contributed by atoms with E-state index < -0.39 is 0 Å². The maximum Gasteiger partial charge on any atom is 0.290 e. The third kappa shape index (κ3) is 5.20. The molecule has 0 spiro atoms. The molecule has 2 N–H and O–H groups in total. The summed E-state index contributed by atoms with van der Waals surface area (Å²) in [6.45, 7) is 2.89. The van der Waals surface area contributed by atoms with E-state index in [2.05, 4.69) is 37.5 Å². The molecule has 1 amide bonds. The van der Waals surface area contributed by atoms with Gasteiger partial charge < -0.3 is 20.1 Å². The summed E-state index contributed by atoms with van der Waals surface area (Å²) in [6, 6.07) is 7.90. The van der Waals surface area contributed by atoms with Crippen LogP contribution in [0, 0.1) is 11.3 Å². The lowest BCUT2D eigenvalue weighted by Crippen LogP contribution is -2.60. The molecule has 1 aliphatic heterocycles. The lowest BCUT2D eigenvalue weighted by Gasteiger charge is -2.42. The molecule has 5 rings (SSSR count). The van der Waals surface area contributed by atoms with Gasteiger partial charge in [0, 0.05) is 55.9 Å².